The van der Waals surface area contributed by atoms with Crippen molar-refractivity contribution in [3.63, 3.8) is 0 Å². The van der Waals surface area contributed by atoms with E-state index in [0.29, 0.717) is 50.7 Å². The van der Waals surface area contributed by atoms with Crippen LogP contribution in [0.3, 0.4) is 0 Å². The Morgan fingerprint density at radius 1 is 1.17 bits per heavy atom. The van der Waals surface area contributed by atoms with Crippen LogP contribution in [-0.2, 0) is 32.5 Å². The van der Waals surface area contributed by atoms with Crippen molar-refractivity contribution in [2.45, 2.75) is 57.9 Å². The third-order valence-electron chi connectivity index (χ3n) is 6.49. The number of benzene rings is 2. The fourth-order valence-corrected chi connectivity index (χ4v) is 6.00. The van der Waals surface area contributed by atoms with Crippen molar-refractivity contribution < 1.29 is 17.9 Å². The summed E-state index contributed by atoms with van der Waals surface area (Å²) in [5, 5.41) is 3.10. The van der Waals surface area contributed by atoms with Crippen molar-refractivity contribution in [2.24, 2.45) is 0 Å². The molecular formula is C26H34N4O4S. The Kier molecular flexibility index (Phi) is 7.59. The van der Waals surface area contributed by atoms with Gasteiger partial charge in [0.25, 0.3) is 0 Å². The molecule has 0 unspecified atom stereocenters. The number of carbonyl (C=O) groups is 1. The monoisotopic (exact) mass is 498 g/mol. The molecule has 2 aromatic carbocycles. The molecule has 0 radical (unpaired) electrons. The standard InChI is InChI=1S/C26H34N4O4S/c1-5-30-23-10-9-20(35(32,33)29-13-15-34-16-14-29)17-22(23)27-24(30)11-12-25(31)28-26-19(4)7-6-8-21(26)18(2)3/h6-10,17-18H,5,11-16H2,1-4H3,(H,28,31). The van der Waals surface area contributed by atoms with Crippen LogP contribution in [0.15, 0.2) is 41.3 Å². The van der Waals surface area contributed by atoms with Gasteiger partial charge in [0.2, 0.25) is 15.9 Å². The molecule has 0 aliphatic carbocycles. The predicted octanol–water partition coefficient (Wildman–Crippen LogP) is 4.08. The summed E-state index contributed by atoms with van der Waals surface area (Å²) >= 11 is 0. The number of amides is 1. The van der Waals surface area contributed by atoms with Gasteiger partial charge in [-0.15, -0.1) is 0 Å². The van der Waals surface area contributed by atoms with E-state index in [0.717, 1.165) is 28.2 Å². The molecular weight excluding hydrogens is 464 g/mol. The first kappa shape index (κ1) is 25.3. The van der Waals surface area contributed by atoms with Crippen LogP contribution in [0, 0.1) is 6.92 Å². The van der Waals surface area contributed by atoms with Crippen molar-refractivity contribution in [2.75, 3.05) is 31.6 Å². The lowest BCUT2D eigenvalue weighted by molar-refractivity contribution is -0.116. The molecule has 0 atom stereocenters. The SMILES string of the molecule is CCn1c(CCC(=O)Nc2c(C)cccc2C(C)C)nc2cc(S(=O)(=O)N3CCOCC3)ccc21. The van der Waals surface area contributed by atoms with Gasteiger partial charge >= 0.3 is 0 Å². The number of anilines is 1. The normalized spacial score (nSPS) is 15.1. The van der Waals surface area contributed by atoms with Gasteiger partial charge in [-0.25, -0.2) is 13.4 Å². The molecule has 4 rings (SSSR count). The average molecular weight is 499 g/mol. The van der Waals surface area contributed by atoms with E-state index >= 15 is 0 Å². The maximum Gasteiger partial charge on any atom is 0.243 e. The molecule has 0 saturated carbocycles. The molecule has 2 heterocycles. The number of para-hydroxylation sites is 1. The van der Waals surface area contributed by atoms with Crippen LogP contribution >= 0.6 is 0 Å². The number of hydrogen-bond acceptors (Lipinski definition) is 5. The molecule has 1 fully saturated rings. The number of aromatic nitrogens is 2. The van der Waals surface area contributed by atoms with Gasteiger partial charge in [-0.05, 0) is 49.1 Å². The molecule has 35 heavy (non-hydrogen) atoms. The van der Waals surface area contributed by atoms with Crippen LogP contribution in [0.2, 0.25) is 0 Å². The lowest BCUT2D eigenvalue weighted by Crippen LogP contribution is -2.40. The summed E-state index contributed by atoms with van der Waals surface area (Å²) in [5.74, 6) is 1.01. The zero-order valence-electron chi connectivity index (χ0n) is 20.9. The van der Waals surface area contributed by atoms with Crippen molar-refractivity contribution in [3.8, 4) is 0 Å². The fraction of sp³-hybridized carbons (Fsp3) is 0.462. The minimum absolute atomic E-state index is 0.0634. The van der Waals surface area contributed by atoms with Gasteiger partial charge in [0, 0.05) is 38.2 Å². The summed E-state index contributed by atoms with van der Waals surface area (Å²) in [6.45, 7) is 10.4. The molecule has 1 aliphatic rings. The molecule has 1 aromatic heterocycles. The molecule has 0 bridgehead atoms. The Morgan fingerprint density at radius 3 is 2.60 bits per heavy atom. The summed E-state index contributed by atoms with van der Waals surface area (Å²) in [7, 11) is -3.60. The summed E-state index contributed by atoms with van der Waals surface area (Å²) in [6, 6.07) is 11.1. The van der Waals surface area contributed by atoms with E-state index in [9.17, 15) is 13.2 Å². The molecule has 1 saturated heterocycles. The number of hydrogen-bond donors (Lipinski definition) is 1. The van der Waals surface area contributed by atoms with Crippen LogP contribution in [0.1, 0.15) is 50.1 Å². The van der Waals surface area contributed by atoms with Crippen molar-refractivity contribution in [1.82, 2.24) is 13.9 Å². The van der Waals surface area contributed by atoms with Gasteiger partial charge in [0.15, 0.2) is 0 Å². The third kappa shape index (κ3) is 5.27. The highest BCUT2D eigenvalue weighted by Gasteiger charge is 2.27. The number of nitrogens with one attached hydrogen (secondary N) is 1. The van der Waals surface area contributed by atoms with Gasteiger partial charge in [0.1, 0.15) is 5.82 Å². The quantitative estimate of drug-likeness (QED) is 0.505. The lowest BCUT2D eigenvalue weighted by Gasteiger charge is -2.26. The van der Waals surface area contributed by atoms with E-state index in [1.54, 1.807) is 12.1 Å². The zero-order chi connectivity index (χ0) is 25.2. The Bertz CT molecular complexity index is 1320. The van der Waals surface area contributed by atoms with Gasteiger partial charge < -0.3 is 14.6 Å². The molecule has 188 valence electrons. The maximum atomic E-state index is 13.1. The van der Waals surface area contributed by atoms with Crippen molar-refractivity contribution >= 4 is 32.7 Å². The second kappa shape index (κ2) is 10.5. The summed E-state index contributed by atoms with van der Waals surface area (Å²) in [6.07, 6.45) is 0.747. The van der Waals surface area contributed by atoms with E-state index in [2.05, 4.69) is 19.2 Å². The van der Waals surface area contributed by atoms with Gasteiger partial charge in [-0.2, -0.15) is 4.31 Å². The highest BCUT2D eigenvalue weighted by atomic mass is 32.2. The minimum Gasteiger partial charge on any atom is -0.379 e. The first-order chi connectivity index (χ1) is 16.7. The van der Waals surface area contributed by atoms with Crippen LogP contribution in [0.4, 0.5) is 5.69 Å². The van der Waals surface area contributed by atoms with E-state index in [1.807, 2.05) is 42.7 Å². The molecule has 0 spiro atoms. The Morgan fingerprint density at radius 2 is 1.91 bits per heavy atom. The van der Waals surface area contributed by atoms with Crippen LogP contribution in [-0.4, -0.2) is 54.5 Å². The predicted molar refractivity (Wildman–Crippen MR) is 137 cm³/mol. The first-order valence-electron chi connectivity index (χ1n) is 12.2. The smallest absolute Gasteiger partial charge is 0.243 e. The van der Waals surface area contributed by atoms with E-state index in [-0.39, 0.29) is 17.2 Å². The number of rotatable bonds is 8. The number of carbonyl (C=O) groups excluding carboxylic acids is 1. The highest BCUT2D eigenvalue weighted by Crippen LogP contribution is 2.28. The minimum atomic E-state index is -3.60. The maximum absolute atomic E-state index is 13.1. The Balaban J connectivity index is 1.53. The number of morpholine rings is 1. The number of nitrogens with zero attached hydrogens (tertiary/aromatic N) is 3. The van der Waals surface area contributed by atoms with Crippen LogP contribution < -0.4 is 5.32 Å². The molecule has 9 heteroatoms. The summed E-state index contributed by atoms with van der Waals surface area (Å²) in [5.41, 5.74) is 4.53. The fourth-order valence-electron chi connectivity index (χ4n) is 4.57. The molecule has 1 N–H and O–H groups in total. The number of aryl methyl sites for hydroxylation is 3. The number of imidazole rings is 1. The number of sulfonamides is 1. The summed E-state index contributed by atoms with van der Waals surface area (Å²) < 4.78 is 34.9. The third-order valence-corrected chi connectivity index (χ3v) is 8.38. The van der Waals surface area contributed by atoms with E-state index in [4.69, 9.17) is 9.72 Å². The molecule has 1 amide bonds. The largest absolute Gasteiger partial charge is 0.379 e. The van der Waals surface area contributed by atoms with Crippen LogP contribution in [0.25, 0.3) is 11.0 Å². The molecule has 1 aliphatic heterocycles. The van der Waals surface area contributed by atoms with Crippen molar-refractivity contribution in [3.05, 3.63) is 53.3 Å². The highest BCUT2D eigenvalue weighted by molar-refractivity contribution is 7.89. The van der Waals surface area contributed by atoms with Gasteiger partial charge in [-0.3, -0.25) is 4.79 Å². The Labute approximate surface area is 207 Å². The first-order valence-corrected chi connectivity index (χ1v) is 13.6. The Hall–Kier alpha value is -2.75. The van der Waals surface area contributed by atoms with E-state index < -0.39 is 10.0 Å². The topological polar surface area (TPSA) is 93.5 Å². The zero-order valence-corrected chi connectivity index (χ0v) is 21.7. The second-order valence-electron chi connectivity index (χ2n) is 9.18. The number of fused-ring (bicyclic) bond motifs is 1. The molecule has 3 aromatic rings. The van der Waals surface area contributed by atoms with Crippen molar-refractivity contribution in [1.29, 1.82) is 0 Å². The van der Waals surface area contributed by atoms with Gasteiger partial charge in [0.05, 0.1) is 29.1 Å². The molecule has 8 nitrogen and oxygen atoms in total. The second-order valence-corrected chi connectivity index (χ2v) is 11.1. The average Bonchev–Trinajstić information content (AvgIpc) is 3.21. The lowest BCUT2D eigenvalue weighted by atomic mass is 9.98. The van der Waals surface area contributed by atoms with Crippen LogP contribution in [0.5, 0.6) is 0 Å². The van der Waals surface area contributed by atoms with Gasteiger partial charge in [-0.1, -0.05) is 32.0 Å². The van der Waals surface area contributed by atoms with E-state index in [1.165, 1.54) is 4.31 Å². The number of ether oxygens (including phenoxy) is 1. The summed E-state index contributed by atoms with van der Waals surface area (Å²) in [4.78, 5) is 17.8.